The highest BCUT2D eigenvalue weighted by Crippen LogP contribution is 2.27. The van der Waals surface area contributed by atoms with Gasteiger partial charge >= 0.3 is 0 Å². The van der Waals surface area contributed by atoms with Crippen LogP contribution in [0.4, 0.5) is 11.5 Å². The number of anilines is 2. The van der Waals surface area contributed by atoms with Crippen molar-refractivity contribution in [1.82, 2.24) is 9.97 Å². The third-order valence-corrected chi connectivity index (χ3v) is 3.52. The normalized spacial score (nSPS) is 23.4. The molecule has 0 aliphatic carbocycles. The van der Waals surface area contributed by atoms with Crippen molar-refractivity contribution in [3.05, 3.63) is 24.5 Å². The zero-order valence-electron chi connectivity index (χ0n) is 11.0. The molecule has 5 heteroatoms. The smallest absolute Gasteiger partial charge is 0.137 e. The molecule has 0 saturated carbocycles. The van der Waals surface area contributed by atoms with Crippen molar-refractivity contribution >= 4 is 22.4 Å². The summed E-state index contributed by atoms with van der Waals surface area (Å²) >= 11 is 0. The molecule has 0 amide bonds. The minimum atomic E-state index is -0.0792. The van der Waals surface area contributed by atoms with E-state index < -0.39 is 0 Å². The highest BCUT2D eigenvalue weighted by molar-refractivity contribution is 5.91. The zero-order chi connectivity index (χ0) is 13.3. The van der Waals surface area contributed by atoms with Crippen molar-refractivity contribution in [3.8, 4) is 0 Å². The fourth-order valence-electron chi connectivity index (χ4n) is 2.49. The first-order valence-electron chi connectivity index (χ1n) is 6.52. The maximum atomic E-state index is 5.85. The number of nitrogen functional groups attached to an aromatic ring is 1. The molecule has 0 spiro atoms. The van der Waals surface area contributed by atoms with Crippen LogP contribution in [-0.2, 0) is 4.74 Å². The third-order valence-electron chi connectivity index (χ3n) is 3.52. The number of ether oxygens (including phenoxy) is 1. The van der Waals surface area contributed by atoms with Crippen LogP contribution in [0, 0.1) is 0 Å². The summed E-state index contributed by atoms with van der Waals surface area (Å²) in [6, 6.07) is 5.67. The Labute approximate surface area is 112 Å². The summed E-state index contributed by atoms with van der Waals surface area (Å²) in [7, 11) is 0. The molecule has 3 rings (SSSR count). The SMILES string of the molecule is CC1(Nc2ncnc3ccc(N)cc23)CCCOC1. The molecule has 0 bridgehead atoms. The Balaban J connectivity index is 1.98. The number of fused-ring (bicyclic) bond motifs is 1. The highest BCUT2D eigenvalue weighted by atomic mass is 16.5. The van der Waals surface area contributed by atoms with Crippen molar-refractivity contribution in [1.29, 1.82) is 0 Å². The van der Waals surface area contributed by atoms with E-state index in [-0.39, 0.29) is 5.54 Å². The summed E-state index contributed by atoms with van der Waals surface area (Å²) < 4.78 is 5.56. The van der Waals surface area contributed by atoms with Gasteiger partial charge in [0.15, 0.2) is 0 Å². The Hall–Kier alpha value is -1.88. The van der Waals surface area contributed by atoms with Gasteiger partial charge in [0.2, 0.25) is 0 Å². The predicted octanol–water partition coefficient (Wildman–Crippen LogP) is 2.19. The molecular formula is C14H18N4O. The maximum absolute atomic E-state index is 5.85. The monoisotopic (exact) mass is 258 g/mol. The van der Waals surface area contributed by atoms with Crippen LogP contribution < -0.4 is 11.1 Å². The van der Waals surface area contributed by atoms with Crippen LogP contribution >= 0.6 is 0 Å². The lowest BCUT2D eigenvalue weighted by Gasteiger charge is -2.35. The van der Waals surface area contributed by atoms with Gasteiger partial charge in [-0.05, 0) is 38.0 Å². The summed E-state index contributed by atoms with van der Waals surface area (Å²) in [5.74, 6) is 0.824. The Bertz CT molecular complexity index is 593. The number of aromatic nitrogens is 2. The van der Waals surface area contributed by atoms with E-state index in [2.05, 4.69) is 22.2 Å². The predicted molar refractivity (Wildman–Crippen MR) is 76.0 cm³/mol. The highest BCUT2D eigenvalue weighted by Gasteiger charge is 2.28. The van der Waals surface area contributed by atoms with E-state index in [4.69, 9.17) is 10.5 Å². The molecule has 1 saturated heterocycles. The number of hydrogen-bond acceptors (Lipinski definition) is 5. The van der Waals surface area contributed by atoms with Crippen molar-refractivity contribution in [3.63, 3.8) is 0 Å². The van der Waals surface area contributed by atoms with Gasteiger partial charge in [-0.25, -0.2) is 9.97 Å². The van der Waals surface area contributed by atoms with Crippen molar-refractivity contribution < 1.29 is 4.74 Å². The Morgan fingerprint density at radius 3 is 3.05 bits per heavy atom. The average Bonchev–Trinajstić information content (AvgIpc) is 2.40. The number of hydrogen-bond donors (Lipinski definition) is 2. The van der Waals surface area contributed by atoms with Gasteiger partial charge in [0.25, 0.3) is 0 Å². The van der Waals surface area contributed by atoms with Crippen LogP contribution in [0.15, 0.2) is 24.5 Å². The lowest BCUT2D eigenvalue weighted by Crippen LogP contribution is -2.43. The van der Waals surface area contributed by atoms with E-state index in [0.717, 1.165) is 41.9 Å². The molecule has 3 N–H and O–H groups in total. The quantitative estimate of drug-likeness (QED) is 0.808. The molecule has 1 fully saturated rings. The molecule has 1 unspecified atom stereocenters. The second-order valence-corrected chi connectivity index (χ2v) is 5.34. The molecule has 2 aromatic rings. The summed E-state index contributed by atoms with van der Waals surface area (Å²) in [6.45, 7) is 3.70. The fourth-order valence-corrected chi connectivity index (χ4v) is 2.49. The average molecular weight is 258 g/mol. The van der Waals surface area contributed by atoms with E-state index in [1.54, 1.807) is 6.33 Å². The summed E-state index contributed by atoms with van der Waals surface area (Å²) in [5, 5.41) is 4.45. The van der Waals surface area contributed by atoms with Crippen molar-refractivity contribution in [2.75, 3.05) is 24.3 Å². The number of rotatable bonds is 2. The van der Waals surface area contributed by atoms with Crippen molar-refractivity contribution in [2.45, 2.75) is 25.3 Å². The zero-order valence-corrected chi connectivity index (χ0v) is 11.0. The van der Waals surface area contributed by atoms with Crippen LogP contribution in [-0.4, -0.2) is 28.7 Å². The lowest BCUT2D eigenvalue weighted by atomic mass is 9.95. The van der Waals surface area contributed by atoms with Crippen LogP contribution in [0.1, 0.15) is 19.8 Å². The van der Waals surface area contributed by atoms with E-state index in [1.807, 2.05) is 18.2 Å². The standard InChI is InChI=1S/C14H18N4O/c1-14(5-2-6-19-8-14)18-13-11-7-10(15)3-4-12(11)16-9-17-13/h3-4,7,9H,2,5-6,8,15H2,1H3,(H,16,17,18). The Morgan fingerprint density at radius 2 is 2.26 bits per heavy atom. The molecule has 0 radical (unpaired) electrons. The second kappa shape index (κ2) is 4.66. The van der Waals surface area contributed by atoms with Crippen LogP contribution in [0.25, 0.3) is 10.9 Å². The van der Waals surface area contributed by atoms with Gasteiger partial charge in [-0.3, -0.25) is 0 Å². The van der Waals surface area contributed by atoms with Gasteiger partial charge in [-0.15, -0.1) is 0 Å². The molecule has 100 valence electrons. The third kappa shape index (κ3) is 2.46. The van der Waals surface area contributed by atoms with Gasteiger partial charge < -0.3 is 15.8 Å². The van der Waals surface area contributed by atoms with Gasteiger partial charge in [-0.1, -0.05) is 0 Å². The summed E-state index contributed by atoms with van der Waals surface area (Å²) in [4.78, 5) is 8.61. The fraction of sp³-hybridized carbons (Fsp3) is 0.429. The molecule has 19 heavy (non-hydrogen) atoms. The second-order valence-electron chi connectivity index (χ2n) is 5.34. The van der Waals surface area contributed by atoms with Gasteiger partial charge in [0.1, 0.15) is 12.1 Å². The molecule has 1 aliphatic heterocycles. The molecule has 1 atom stereocenters. The Kier molecular flexibility index (Phi) is 2.98. The lowest BCUT2D eigenvalue weighted by molar-refractivity contribution is 0.0539. The number of nitrogens with zero attached hydrogens (tertiary/aromatic N) is 2. The number of nitrogens with one attached hydrogen (secondary N) is 1. The van der Waals surface area contributed by atoms with E-state index in [1.165, 1.54) is 0 Å². The van der Waals surface area contributed by atoms with Gasteiger partial charge in [0.05, 0.1) is 17.7 Å². The molecular weight excluding hydrogens is 240 g/mol. The summed E-state index contributed by atoms with van der Waals surface area (Å²) in [5.41, 5.74) is 7.38. The van der Waals surface area contributed by atoms with E-state index >= 15 is 0 Å². The van der Waals surface area contributed by atoms with E-state index in [9.17, 15) is 0 Å². The van der Waals surface area contributed by atoms with E-state index in [0.29, 0.717) is 6.61 Å². The maximum Gasteiger partial charge on any atom is 0.137 e. The molecule has 5 nitrogen and oxygen atoms in total. The minimum Gasteiger partial charge on any atom is -0.399 e. The molecule has 1 aromatic carbocycles. The number of benzene rings is 1. The molecule has 1 aromatic heterocycles. The Morgan fingerprint density at radius 1 is 1.37 bits per heavy atom. The topological polar surface area (TPSA) is 73.1 Å². The number of nitrogens with two attached hydrogens (primary N) is 1. The summed E-state index contributed by atoms with van der Waals surface area (Å²) in [6.07, 6.45) is 3.71. The van der Waals surface area contributed by atoms with Crippen LogP contribution in [0.2, 0.25) is 0 Å². The van der Waals surface area contributed by atoms with Crippen LogP contribution in [0.5, 0.6) is 0 Å². The van der Waals surface area contributed by atoms with Crippen LogP contribution in [0.3, 0.4) is 0 Å². The first-order valence-corrected chi connectivity index (χ1v) is 6.52. The molecule has 1 aliphatic rings. The minimum absolute atomic E-state index is 0.0792. The largest absolute Gasteiger partial charge is 0.399 e. The van der Waals surface area contributed by atoms with Gasteiger partial charge in [0, 0.05) is 17.7 Å². The first kappa shape index (κ1) is 12.2. The van der Waals surface area contributed by atoms with Gasteiger partial charge in [-0.2, -0.15) is 0 Å². The molecule has 2 heterocycles. The first-order chi connectivity index (χ1) is 9.16. The van der Waals surface area contributed by atoms with Crippen molar-refractivity contribution in [2.24, 2.45) is 0 Å².